The fourth-order valence-electron chi connectivity index (χ4n) is 1.85. The quantitative estimate of drug-likeness (QED) is 0.789. The van der Waals surface area contributed by atoms with Gasteiger partial charge in [-0.25, -0.2) is 4.52 Å². The lowest BCUT2D eigenvalue weighted by Gasteiger charge is -1.98. The molecule has 0 radical (unpaired) electrons. The van der Waals surface area contributed by atoms with Crippen LogP contribution in [0.15, 0.2) is 30.7 Å². The van der Waals surface area contributed by atoms with Gasteiger partial charge in [-0.15, -0.1) is 5.10 Å². The Morgan fingerprint density at radius 2 is 2.21 bits per heavy atom. The van der Waals surface area contributed by atoms with Crippen LogP contribution in [0.5, 0.6) is 0 Å². The number of fused-ring (bicyclic) bond motifs is 1. The lowest BCUT2D eigenvalue weighted by molar-refractivity contribution is 0.766. The molecule has 0 saturated carbocycles. The molecule has 0 saturated heterocycles. The number of aryl methyl sites for hydroxylation is 1. The lowest BCUT2D eigenvalue weighted by Crippen LogP contribution is -2.05. The Morgan fingerprint density at radius 1 is 1.32 bits per heavy atom. The number of nitrogens with zero attached hydrogens (tertiary/aromatic N) is 5. The zero-order valence-corrected chi connectivity index (χ0v) is 11.2. The SMILES string of the molecule is Cn1cc(CCNc2nc3ccc(Cl)cn3n2)cn1. The molecule has 0 aromatic carbocycles. The van der Waals surface area contributed by atoms with E-state index in [4.69, 9.17) is 11.6 Å². The van der Waals surface area contributed by atoms with E-state index in [1.165, 1.54) is 5.56 Å². The number of anilines is 1. The predicted molar refractivity (Wildman–Crippen MR) is 73.4 cm³/mol. The van der Waals surface area contributed by atoms with Crippen LogP contribution < -0.4 is 5.32 Å². The summed E-state index contributed by atoms with van der Waals surface area (Å²) in [6, 6.07) is 3.63. The van der Waals surface area contributed by atoms with Crippen LogP contribution in [0.25, 0.3) is 5.65 Å². The fraction of sp³-hybridized carbons (Fsp3) is 0.250. The van der Waals surface area contributed by atoms with Gasteiger partial charge in [0.25, 0.3) is 0 Å². The van der Waals surface area contributed by atoms with Crippen molar-refractivity contribution >= 4 is 23.2 Å². The summed E-state index contributed by atoms with van der Waals surface area (Å²) in [5.41, 5.74) is 1.95. The third-order valence-corrected chi connectivity index (χ3v) is 2.97. The number of pyridine rings is 1. The minimum atomic E-state index is 0.603. The molecule has 3 aromatic rings. The van der Waals surface area contributed by atoms with Crippen molar-refractivity contribution in [1.29, 1.82) is 0 Å². The number of hydrogen-bond acceptors (Lipinski definition) is 4. The Balaban J connectivity index is 1.65. The first-order valence-corrected chi connectivity index (χ1v) is 6.32. The maximum atomic E-state index is 5.90. The molecule has 0 aliphatic heterocycles. The van der Waals surface area contributed by atoms with E-state index in [9.17, 15) is 0 Å². The Kier molecular flexibility index (Phi) is 3.08. The summed E-state index contributed by atoms with van der Waals surface area (Å²) < 4.78 is 3.45. The van der Waals surface area contributed by atoms with Crippen molar-refractivity contribution in [2.75, 3.05) is 11.9 Å². The fourth-order valence-corrected chi connectivity index (χ4v) is 2.01. The van der Waals surface area contributed by atoms with Gasteiger partial charge in [0.2, 0.25) is 5.95 Å². The zero-order valence-electron chi connectivity index (χ0n) is 10.4. The standard InChI is InChI=1S/C12H13ClN6/c1-18-7-9(6-15-18)4-5-14-12-16-11-3-2-10(13)8-19(11)17-12/h2-3,6-8H,4-5H2,1H3,(H,14,17). The largest absolute Gasteiger partial charge is 0.353 e. The van der Waals surface area contributed by atoms with Crippen molar-refractivity contribution in [3.63, 3.8) is 0 Å². The van der Waals surface area contributed by atoms with Crippen molar-refractivity contribution in [2.45, 2.75) is 6.42 Å². The number of nitrogens with one attached hydrogen (secondary N) is 1. The van der Waals surface area contributed by atoms with Gasteiger partial charge in [-0.2, -0.15) is 10.1 Å². The van der Waals surface area contributed by atoms with Crippen LogP contribution in [0, 0.1) is 0 Å². The van der Waals surface area contributed by atoms with Crippen molar-refractivity contribution in [1.82, 2.24) is 24.4 Å². The van der Waals surface area contributed by atoms with E-state index in [-0.39, 0.29) is 0 Å². The molecule has 0 atom stereocenters. The Bertz CT molecular complexity index is 701. The highest BCUT2D eigenvalue weighted by Crippen LogP contribution is 2.11. The highest BCUT2D eigenvalue weighted by atomic mass is 35.5. The summed E-state index contributed by atoms with van der Waals surface area (Å²) in [6.07, 6.45) is 6.47. The summed E-state index contributed by atoms with van der Waals surface area (Å²) in [7, 11) is 1.91. The van der Waals surface area contributed by atoms with Gasteiger partial charge in [0.15, 0.2) is 5.65 Å². The summed E-state index contributed by atoms with van der Waals surface area (Å²) in [5.74, 6) is 0.603. The molecular weight excluding hydrogens is 264 g/mol. The zero-order chi connectivity index (χ0) is 13.2. The lowest BCUT2D eigenvalue weighted by atomic mass is 10.2. The molecule has 0 fully saturated rings. The molecule has 1 N–H and O–H groups in total. The van der Waals surface area contributed by atoms with E-state index in [1.54, 1.807) is 21.5 Å². The Hall–Kier alpha value is -2.08. The second-order valence-corrected chi connectivity index (χ2v) is 4.72. The molecule has 3 heterocycles. The van der Waals surface area contributed by atoms with Gasteiger partial charge in [0, 0.05) is 26.0 Å². The maximum Gasteiger partial charge on any atom is 0.243 e. The first-order valence-electron chi connectivity index (χ1n) is 5.94. The topological polar surface area (TPSA) is 60.0 Å². The molecule has 0 spiro atoms. The third-order valence-electron chi connectivity index (χ3n) is 2.75. The van der Waals surface area contributed by atoms with E-state index >= 15 is 0 Å². The molecule has 0 bridgehead atoms. The van der Waals surface area contributed by atoms with Crippen LogP contribution in [-0.4, -0.2) is 30.9 Å². The molecule has 6 nitrogen and oxygen atoms in total. The first-order chi connectivity index (χ1) is 9.20. The van der Waals surface area contributed by atoms with Crippen LogP contribution in [0.3, 0.4) is 0 Å². The number of aromatic nitrogens is 5. The Morgan fingerprint density at radius 3 is 3.00 bits per heavy atom. The number of hydrogen-bond donors (Lipinski definition) is 1. The molecule has 3 rings (SSSR count). The van der Waals surface area contributed by atoms with Crippen molar-refractivity contribution in [3.05, 3.63) is 41.3 Å². The summed E-state index contributed by atoms with van der Waals surface area (Å²) in [5, 5.41) is 12.3. The van der Waals surface area contributed by atoms with Crippen LogP contribution in [-0.2, 0) is 13.5 Å². The molecule has 3 aromatic heterocycles. The molecule has 0 amide bonds. The second-order valence-electron chi connectivity index (χ2n) is 4.28. The Labute approximate surface area is 115 Å². The van der Waals surface area contributed by atoms with Gasteiger partial charge >= 0.3 is 0 Å². The van der Waals surface area contributed by atoms with Crippen molar-refractivity contribution < 1.29 is 0 Å². The van der Waals surface area contributed by atoms with E-state index in [1.807, 2.05) is 25.5 Å². The van der Waals surface area contributed by atoms with Gasteiger partial charge in [-0.3, -0.25) is 4.68 Å². The minimum absolute atomic E-state index is 0.603. The molecule has 0 aliphatic rings. The van der Waals surface area contributed by atoms with Gasteiger partial charge in [0.1, 0.15) is 0 Å². The monoisotopic (exact) mass is 276 g/mol. The summed E-state index contributed by atoms with van der Waals surface area (Å²) >= 11 is 5.90. The predicted octanol–water partition coefficient (Wildman–Crippen LogP) is 1.77. The molecule has 19 heavy (non-hydrogen) atoms. The first kappa shape index (κ1) is 12.0. The molecule has 0 unspecified atom stereocenters. The van der Waals surface area contributed by atoms with Crippen LogP contribution >= 0.6 is 11.6 Å². The highest BCUT2D eigenvalue weighted by molar-refractivity contribution is 6.30. The third kappa shape index (κ3) is 2.68. The molecule has 7 heteroatoms. The average molecular weight is 277 g/mol. The van der Waals surface area contributed by atoms with Gasteiger partial charge in [-0.05, 0) is 24.1 Å². The summed E-state index contributed by atoms with van der Waals surface area (Å²) in [6.45, 7) is 0.760. The van der Waals surface area contributed by atoms with E-state index in [2.05, 4.69) is 20.5 Å². The number of halogens is 1. The van der Waals surface area contributed by atoms with E-state index in [0.29, 0.717) is 11.0 Å². The number of rotatable bonds is 4. The molecule has 98 valence electrons. The van der Waals surface area contributed by atoms with Gasteiger partial charge in [-0.1, -0.05) is 11.6 Å². The smallest absolute Gasteiger partial charge is 0.243 e. The van der Waals surface area contributed by atoms with Crippen LogP contribution in [0.4, 0.5) is 5.95 Å². The van der Waals surface area contributed by atoms with Crippen molar-refractivity contribution in [2.24, 2.45) is 7.05 Å². The molecular formula is C12H13ClN6. The van der Waals surface area contributed by atoms with Crippen LogP contribution in [0.2, 0.25) is 5.02 Å². The van der Waals surface area contributed by atoms with Gasteiger partial charge in [0.05, 0.1) is 11.2 Å². The average Bonchev–Trinajstić information content (AvgIpc) is 2.95. The maximum absolute atomic E-state index is 5.90. The van der Waals surface area contributed by atoms with Crippen molar-refractivity contribution in [3.8, 4) is 0 Å². The normalized spacial score (nSPS) is 11.1. The van der Waals surface area contributed by atoms with Gasteiger partial charge < -0.3 is 5.32 Å². The minimum Gasteiger partial charge on any atom is -0.353 e. The highest BCUT2D eigenvalue weighted by Gasteiger charge is 2.03. The molecule has 0 aliphatic carbocycles. The van der Waals surface area contributed by atoms with E-state index in [0.717, 1.165) is 18.6 Å². The van der Waals surface area contributed by atoms with Crippen LogP contribution in [0.1, 0.15) is 5.56 Å². The second kappa shape index (κ2) is 4.89. The summed E-state index contributed by atoms with van der Waals surface area (Å²) in [4.78, 5) is 4.35. The van der Waals surface area contributed by atoms with E-state index < -0.39 is 0 Å².